The highest BCUT2D eigenvalue weighted by molar-refractivity contribution is 7.92. The molecule has 1 aromatic heterocycles. The lowest BCUT2D eigenvalue weighted by molar-refractivity contribution is 0.578. The smallest absolute Gasteiger partial charge is 0.232 e. The SMILES string of the molecule is CCS(=O)(=O)Nc1ccc([C@H](C)NCCc2cccs2)cc1. The summed E-state index contributed by atoms with van der Waals surface area (Å²) >= 11 is 1.77. The first kappa shape index (κ1) is 17.0. The summed E-state index contributed by atoms with van der Waals surface area (Å²) in [6, 6.07) is 12.0. The Bertz CT molecular complexity index is 665. The molecule has 0 bridgehead atoms. The fraction of sp³-hybridized carbons (Fsp3) is 0.375. The predicted molar refractivity (Wildman–Crippen MR) is 94.0 cm³/mol. The minimum Gasteiger partial charge on any atom is -0.310 e. The van der Waals surface area contributed by atoms with Gasteiger partial charge in [-0.2, -0.15) is 0 Å². The highest BCUT2D eigenvalue weighted by Crippen LogP contribution is 2.17. The molecule has 120 valence electrons. The fourth-order valence-electron chi connectivity index (χ4n) is 2.08. The quantitative estimate of drug-likeness (QED) is 0.775. The molecule has 0 spiro atoms. The van der Waals surface area contributed by atoms with Gasteiger partial charge in [0.15, 0.2) is 0 Å². The van der Waals surface area contributed by atoms with Crippen molar-refractivity contribution in [1.29, 1.82) is 0 Å². The second-order valence-corrected chi connectivity index (χ2v) is 8.18. The van der Waals surface area contributed by atoms with Gasteiger partial charge < -0.3 is 5.32 Å². The minimum absolute atomic E-state index is 0.0788. The van der Waals surface area contributed by atoms with E-state index in [0.29, 0.717) is 5.69 Å². The van der Waals surface area contributed by atoms with Crippen LogP contribution >= 0.6 is 11.3 Å². The molecule has 4 nitrogen and oxygen atoms in total. The van der Waals surface area contributed by atoms with E-state index >= 15 is 0 Å². The molecular formula is C16H22N2O2S2. The Morgan fingerprint density at radius 2 is 1.91 bits per heavy atom. The van der Waals surface area contributed by atoms with Gasteiger partial charge in [0.2, 0.25) is 10.0 Å². The Balaban J connectivity index is 1.86. The zero-order chi connectivity index (χ0) is 16.0. The van der Waals surface area contributed by atoms with Gasteiger partial charge in [0.25, 0.3) is 0 Å². The van der Waals surface area contributed by atoms with Crippen molar-refractivity contribution in [3.63, 3.8) is 0 Å². The van der Waals surface area contributed by atoms with E-state index in [1.165, 1.54) is 4.88 Å². The Hall–Kier alpha value is -1.37. The van der Waals surface area contributed by atoms with Gasteiger partial charge in [0, 0.05) is 23.2 Å². The summed E-state index contributed by atoms with van der Waals surface area (Å²) in [6.07, 6.45) is 1.02. The van der Waals surface area contributed by atoms with Crippen molar-refractivity contribution in [2.45, 2.75) is 26.3 Å². The molecule has 0 unspecified atom stereocenters. The van der Waals surface area contributed by atoms with Gasteiger partial charge in [-0.25, -0.2) is 8.42 Å². The number of rotatable bonds is 8. The van der Waals surface area contributed by atoms with Gasteiger partial charge >= 0.3 is 0 Å². The molecule has 0 saturated heterocycles. The Morgan fingerprint density at radius 3 is 2.50 bits per heavy atom. The lowest BCUT2D eigenvalue weighted by Crippen LogP contribution is -2.21. The topological polar surface area (TPSA) is 58.2 Å². The van der Waals surface area contributed by atoms with Crippen LogP contribution in [0.1, 0.15) is 30.3 Å². The molecule has 0 aliphatic carbocycles. The van der Waals surface area contributed by atoms with Crippen LogP contribution in [0.2, 0.25) is 0 Å². The van der Waals surface area contributed by atoms with E-state index in [2.05, 4.69) is 34.5 Å². The molecule has 2 aromatic rings. The fourth-order valence-corrected chi connectivity index (χ4v) is 3.42. The zero-order valence-corrected chi connectivity index (χ0v) is 14.5. The molecular weight excluding hydrogens is 316 g/mol. The maximum Gasteiger partial charge on any atom is 0.232 e. The Labute approximate surface area is 136 Å². The maximum absolute atomic E-state index is 11.5. The van der Waals surface area contributed by atoms with Crippen molar-refractivity contribution >= 4 is 27.0 Å². The van der Waals surface area contributed by atoms with Crippen LogP contribution in [-0.2, 0) is 16.4 Å². The van der Waals surface area contributed by atoms with Crippen LogP contribution in [0.3, 0.4) is 0 Å². The van der Waals surface area contributed by atoms with Crippen molar-refractivity contribution in [3.05, 3.63) is 52.2 Å². The molecule has 6 heteroatoms. The molecule has 0 aliphatic rings. The van der Waals surface area contributed by atoms with E-state index in [1.807, 2.05) is 12.1 Å². The van der Waals surface area contributed by atoms with E-state index in [9.17, 15) is 8.42 Å². The summed E-state index contributed by atoms with van der Waals surface area (Å²) < 4.78 is 25.6. The van der Waals surface area contributed by atoms with Crippen molar-refractivity contribution in [1.82, 2.24) is 5.32 Å². The molecule has 0 aliphatic heterocycles. The number of hydrogen-bond acceptors (Lipinski definition) is 4. The first-order valence-electron chi connectivity index (χ1n) is 7.36. The molecule has 0 amide bonds. The van der Waals surface area contributed by atoms with Gasteiger partial charge in [-0.1, -0.05) is 18.2 Å². The largest absolute Gasteiger partial charge is 0.310 e. The first-order chi connectivity index (χ1) is 10.5. The standard InChI is InChI=1S/C16H22N2O2S2/c1-3-22(19,20)18-15-8-6-14(7-9-15)13(2)17-11-10-16-5-4-12-21-16/h4-9,12-13,17-18H,3,10-11H2,1-2H3/t13-/m0/s1. The van der Waals surface area contributed by atoms with Crippen LogP contribution in [-0.4, -0.2) is 20.7 Å². The van der Waals surface area contributed by atoms with E-state index in [-0.39, 0.29) is 11.8 Å². The normalized spacial score (nSPS) is 13.0. The van der Waals surface area contributed by atoms with E-state index in [0.717, 1.165) is 18.5 Å². The molecule has 1 atom stereocenters. The third-order valence-corrected chi connectivity index (χ3v) is 5.71. The van der Waals surface area contributed by atoms with Crippen molar-refractivity contribution in [2.75, 3.05) is 17.0 Å². The second-order valence-electron chi connectivity index (χ2n) is 5.13. The molecule has 0 fully saturated rings. The number of anilines is 1. The van der Waals surface area contributed by atoms with Crippen LogP contribution in [0.5, 0.6) is 0 Å². The van der Waals surface area contributed by atoms with Crippen LogP contribution in [0.4, 0.5) is 5.69 Å². The number of sulfonamides is 1. The average molecular weight is 338 g/mol. The number of hydrogen-bond donors (Lipinski definition) is 2. The van der Waals surface area contributed by atoms with E-state index < -0.39 is 10.0 Å². The zero-order valence-electron chi connectivity index (χ0n) is 12.9. The van der Waals surface area contributed by atoms with Crippen molar-refractivity contribution < 1.29 is 8.42 Å². The van der Waals surface area contributed by atoms with E-state index in [4.69, 9.17) is 0 Å². The van der Waals surface area contributed by atoms with Crippen molar-refractivity contribution in [2.24, 2.45) is 0 Å². The highest BCUT2D eigenvalue weighted by Gasteiger charge is 2.08. The van der Waals surface area contributed by atoms with E-state index in [1.54, 1.807) is 30.4 Å². The number of thiophene rings is 1. The number of nitrogens with one attached hydrogen (secondary N) is 2. The summed E-state index contributed by atoms with van der Waals surface area (Å²) in [5.41, 5.74) is 1.75. The summed E-state index contributed by atoms with van der Waals surface area (Å²) in [5.74, 6) is 0.0788. The highest BCUT2D eigenvalue weighted by atomic mass is 32.2. The van der Waals surface area contributed by atoms with Crippen molar-refractivity contribution in [3.8, 4) is 0 Å². The van der Waals surface area contributed by atoms with Crippen LogP contribution in [0, 0.1) is 0 Å². The summed E-state index contributed by atoms with van der Waals surface area (Å²) in [6.45, 7) is 4.65. The Kier molecular flexibility index (Phi) is 5.99. The maximum atomic E-state index is 11.5. The van der Waals surface area contributed by atoms with Gasteiger partial charge in [0.05, 0.1) is 5.75 Å². The molecule has 2 rings (SSSR count). The monoisotopic (exact) mass is 338 g/mol. The average Bonchev–Trinajstić information content (AvgIpc) is 3.01. The minimum atomic E-state index is -3.21. The van der Waals surface area contributed by atoms with Crippen LogP contribution < -0.4 is 10.0 Å². The number of benzene rings is 1. The summed E-state index contributed by atoms with van der Waals surface area (Å²) in [4.78, 5) is 1.38. The summed E-state index contributed by atoms with van der Waals surface area (Å²) in [7, 11) is -3.21. The lowest BCUT2D eigenvalue weighted by atomic mass is 10.1. The molecule has 0 radical (unpaired) electrons. The predicted octanol–water partition coefficient (Wildman–Crippen LogP) is 3.40. The summed E-state index contributed by atoms with van der Waals surface area (Å²) in [5, 5.41) is 5.58. The third kappa shape index (κ3) is 5.12. The Morgan fingerprint density at radius 1 is 1.18 bits per heavy atom. The van der Waals surface area contributed by atoms with Gasteiger partial charge in [0.1, 0.15) is 0 Å². The molecule has 22 heavy (non-hydrogen) atoms. The molecule has 0 saturated carbocycles. The molecule has 1 heterocycles. The molecule has 2 N–H and O–H groups in total. The lowest BCUT2D eigenvalue weighted by Gasteiger charge is -2.15. The van der Waals surface area contributed by atoms with Gasteiger partial charge in [-0.15, -0.1) is 11.3 Å². The third-order valence-electron chi connectivity index (χ3n) is 3.47. The first-order valence-corrected chi connectivity index (χ1v) is 9.89. The van der Waals surface area contributed by atoms with Gasteiger partial charge in [-0.05, 0) is 49.4 Å². The van der Waals surface area contributed by atoms with Crippen LogP contribution in [0.15, 0.2) is 41.8 Å². The van der Waals surface area contributed by atoms with Crippen LogP contribution in [0.25, 0.3) is 0 Å². The van der Waals surface area contributed by atoms with Gasteiger partial charge in [-0.3, -0.25) is 4.72 Å². The molecule has 1 aromatic carbocycles. The second kappa shape index (κ2) is 7.76.